The van der Waals surface area contributed by atoms with Crippen molar-refractivity contribution >= 4 is 33.4 Å². The number of carbonyl (C=O) groups is 1. The average molecular weight is 409 g/mol. The van der Waals surface area contributed by atoms with Gasteiger partial charge in [-0.15, -0.1) is 11.8 Å². The van der Waals surface area contributed by atoms with Crippen molar-refractivity contribution in [2.75, 3.05) is 16.6 Å². The van der Waals surface area contributed by atoms with Crippen molar-refractivity contribution in [2.45, 2.75) is 36.1 Å². The average Bonchev–Trinajstić information content (AvgIpc) is 2.59. The molecule has 0 aromatic heterocycles. The van der Waals surface area contributed by atoms with E-state index in [0.29, 0.717) is 17.0 Å². The highest BCUT2D eigenvalue weighted by Crippen LogP contribution is 2.38. The summed E-state index contributed by atoms with van der Waals surface area (Å²) in [4.78, 5) is 13.3. The molecule has 3 rings (SSSR count). The lowest BCUT2D eigenvalue weighted by Gasteiger charge is -2.30. The van der Waals surface area contributed by atoms with Gasteiger partial charge in [-0.1, -0.05) is 0 Å². The van der Waals surface area contributed by atoms with Crippen LogP contribution in [0.25, 0.3) is 0 Å². The van der Waals surface area contributed by atoms with E-state index >= 15 is 0 Å². The van der Waals surface area contributed by atoms with Gasteiger partial charge in [-0.2, -0.15) is 0 Å². The smallest absolute Gasteiger partial charge is 0.264 e. The number of hydrogen-bond donors (Lipinski definition) is 1. The fourth-order valence-electron chi connectivity index (χ4n) is 2.73. The van der Waals surface area contributed by atoms with Gasteiger partial charge in [0, 0.05) is 28.3 Å². The molecule has 0 unspecified atom stereocenters. The number of nitrogens with one attached hydrogen (secondary N) is 1. The summed E-state index contributed by atoms with van der Waals surface area (Å²) in [6.45, 7) is 5.92. The maximum absolute atomic E-state index is 13.2. The van der Waals surface area contributed by atoms with Gasteiger partial charge < -0.3 is 5.32 Å². The lowest BCUT2D eigenvalue weighted by molar-refractivity contribution is 0.0919. The van der Waals surface area contributed by atoms with E-state index in [0.717, 1.165) is 17.0 Å². The summed E-state index contributed by atoms with van der Waals surface area (Å²) in [5.41, 5.74) is 0.462. The number of fused-ring (bicyclic) bond motifs is 1. The largest absolute Gasteiger partial charge is 0.347 e. The number of hydrogen-bond acceptors (Lipinski definition) is 4. The van der Waals surface area contributed by atoms with Crippen LogP contribution in [0.3, 0.4) is 0 Å². The van der Waals surface area contributed by atoms with E-state index in [1.165, 1.54) is 16.4 Å². The monoisotopic (exact) mass is 408 g/mol. The molecule has 0 saturated heterocycles. The highest BCUT2D eigenvalue weighted by atomic mass is 32.2. The Morgan fingerprint density at radius 3 is 2.44 bits per heavy atom. The zero-order valence-corrected chi connectivity index (χ0v) is 17.0. The van der Waals surface area contributed by atoms with Crippen LogP contribution in [0.2, 0.25) is 0 Å². The summed E-state index contributed by atoms with van der Waals surface area (Å²) >= 11 is 1.54. The number of halogens is 1. The molecule has 0 radical (unpaired) electrons. The molecule has 0 fully saturated rings. The second kappa shape index (κ2) is 7.16. The Labute approximate surface area is 163 Å². The fraction of sp³-hybridized carbons (Fsp3) is 0.316. The van der Waals surface area contributed by atoms with Gasteiger partial charge >= 0.3 is 0 Å². The summed E-state index contributed by atoms with van der Waals surface area (Å²) in [5.74, 6) is -0.161. The van der Waals surface area contributed by atoms with Crippen molar-refractivity contribution < 1.29 is 17.6 Å². The Morgan fingerprint density at radius 1 is 1.15 bits per heavy atom. The first-order valence-electron chi connectivity index (χ1n) is 8.46. The molecule has 5 nitrogen and oxygen atoms in total. The zero-order chi connectivity index (χ0) is 19.8. The van der Waals surface area contributed by atoms with Crippen LogP contribution >= 0.6 is 11.8 Å². The van der Waals surface area contributed by atoms with Crippen LogP contribution in [-0.4, -0.2) is 32.2 Å². The van der Waals surface area contributed by atoms with Crippen LogP contribution in [0.4, 0.5) is 10.1 Å². The van der Waals surface area contributed by atoms with E-state index in [1.807, 2.05) is 20.8 Å². The third-order valence-corrected chi connectivity index (χ3v) is 6.80. The van der Waals surface area contributed by atoms with E-state index in [1.54, 1.807) is 30.0 Å². The Kier molecular flexibility index (Phi) is 5.22. The van der Waals surface area contributed by atoms with Crippen LogP contribution in [-0.2, 0) is 10.0 Å². The minimum Gasteiger partial charge on any atom is -0.347 e. The van der Waals surface area contributed by atoms with Gasteiger partial charge in [-0.3, -0.25) is 9.10 Å². The SMILES string of the molecule is CC(C)(C)NC(=O)c1ccc2c(c1)N(S(=O)(=O)c1ccc(F)cc1)CCS2. The molecule has 0 spiro atoms. The van der Waals surface area contributed by atoms with E-state index in [-0.39, 0.29) is 17.3 Å². The molecule has 0 bridgehead atoms. The van der Waals surface area contributed by atoms with Crippen LogP contribution in [0.5, 0.6) is 0 Å². The standard InChI is InChI=1S/C19H21FN2O3S2/c1-19(2,3)21-18(23)13-4-9-17-16(12-13)22(10-11-26-17)27(24,25)15-7-5-14(20)6-8-15/h4-9,12H,10-11H2,1-3H3,(H,21,23). The Morgan fingerprint density at radius 2 is 1.81 bits per heavy atom. The third-order valence-electron chi connectivity index (χ3n) is 3.93. The number of sulfonamides is 1. The number of rotatable bonds is 3. The van der Waals surface area contributed by atoms with Crippen molar-refractivity contribution in [3.8, 4) is 0 Å². The topological polar surface area (TPSA) is 66.5 Å². The molecule has 1 amide bonds. The van der Waals surface area contributed by atoms with Gasteiger partial charge in [0.25, 0.3) is 15.9 Å². The van der Waals surface area contributed by atoms with Gasteiger partial charge in [-0.25, -0.2) is 12.8 Å². The van der Waals surface area contributed by atoms with Gasteiger partial charge in [-0.05, 0) is 63.2 Å². The van der Waals surface area contributed by atoms with Gasteiger partial charge in [0.1, 0.15) is 5.82 Å². The molecule has 8 heteroatoms. The molecule has 1 heterocycles. The minimum atomic E-state index is -3.85. The van der Waals surface area contributed by atoms with Crippen molar-refractivity contribution in [3.63, 3.8) is 0 Å². The van der Waals surface area contributed by atoms with Crippen LogP contribution < -0.4 is 9.62 Å². The third kappa shape index (κ3) is 4.27. The second-order valence-electron chi connectivity index (χ2n) is 7.27. The van der Waals surface area contributed by atoms with Gasteiger partial charge in [0.05, 0.1) is 10.6 Å². The Bertz CT molecular complexity index is 967. The molecule has 144 valence electrons. The number of nitrogens with zero attached hydrogens (tertiary/aromatic N) is 1. The fourth-order valence-corrected chi connectivity index (χ4v) is 5.36. The number of thioether (sulfide) groups is 1. The molecule has 1 aliphatic rings. The Hall–Kier alpha value is -2.06. The maximum atomic E-state index is 13.2. The van der Waals surface area contributed by atoms with Gasteiger partial charge in [0.2, 0.25) is 0 Å². The summed E-state index contributed by atoms with van der Waals surface area (Å²) in [7, 11) is -3.85. The molecule has 2 aromatic carbocycles. The van der Waals surface area contributed by atoms with E-state index in [2.05, 4.69) is 5.32 Å². The number of anilines is 1. The zero-order valence-electron chi connectivity index (χ0n) is 15.3. The number of carbonyl (C=O) groups excluding carboxylic acids is 1. The quantitative estimate of drug-likeness (QED) is 0.842. The molecule has 1 aliphatic heterocycles. The first kappa shape index (κ1) is 19.7. The van der Waals surface area contributed by atoms with Crippen LogP contribution in [0, 0.1) is 5.82 Å². The van der Waals surface area contributed by atoms with E-state index in [4.69, 9.17) is 0 Å². The van der Waals surface area contributed by atoms with Crippen LogP contribution in [0.1, 0.15) is 31.1 Å². The highest BCUT2D eigenvalue weighted by Gasteiger charge is 2.30. The molecular formula is C19H21FN2O3S2. The predicted octanol–water partition coefficient (Wildman–Crippen LogP) is 3.66. The summed E-state index contributed by atoms with van der Waals surface area (Å²) < 4.78 is 40.6. The predicted molar refractivity (Wildman–Crippen MR) is 105 cm³/mol. The molecule has 0 aliphatic carbocycles. The van der Waals surface area contributed by atoms with Crippen molar-refractivity contribution in [2.24, 2.45) is 0 Å². The summed E-state index contributed by atoms with van der Waals surface area (Å²) in [6.07, 6.45) is 0. The van der Waals surface area contributed by atoms with Crippen LogP contribution in [0.15, 0.2) is 52.3 Å². The normalized spacial score (nSPS) is 14.6. The molecule has 1 N–H and O–H groups in total. The maximum Gasteiger partial charge on any atom is 0.264 e. The first-order valence-corrected chi connectivity index (χ1v) is 10.9. The highest BCUT2D eigenvalue weighted by molar-refractivity contribution is 8.00. The lowest BCUT2D eigenvalue weighted by atomic mass is 10.1. The molecule has 0 saturated carbocycles. The lowest BCUT2D eigenvalue weighted by Crippen LogP contribution is -2.41. The summed E-state index contributed by atoms with van der Waals surface area (Å²) in [5, 5.41) is 2.88. The Balaban J connectivity index is 2.01. The minimum absolute atomic E-state index is 0.0197. The first-order chi connectivity index (χ1) is 12.6. The number of amides is 1. The van der Waals surface area contributed by atoms with Gasteiger partial charge in [0.15, 0.2) is 0 Å². The van der Waals surface area contributed by atoms with E-state index < -0.39 is 21.4 Å². The molecular weight excluding hydrogens is 387 g/mol. The summed E-state index contributed by atoms with van der Waals surface area (Å²) in [6, 6.07) is 9.82. The second-order valence-corrected chi connectivity index (χ2v) is 10.3. The van der Waals surface area contributed by atoms with Crippen molar-refractivity contribution in [3.05, 3.63) is 53.8 Å². The molecule has 27 heavy (non-hydrogen) atoms. The van der Waals surface area contributed by atoms with E-state index in [9.17, 15) is 17.6 Å². The number of benzene rings is 2. The molecule has 2 aromatic rings. The van der Waals surface area contributed by atoms with Crippen molar-refractivity contribution in [1.29, 1.82) is 0 Å². The molecule has 0 atom stereocenters. The van der Waals surface area contributed by atoms with Crippen molar-refractivity contribution in [1.82, 2.24) is 5.32 Å².